The molecule has 0 bridgehead atoms. The largest absolute Gasteiger partial charge is 0.445 e. The molecule has 6 nitrogen and oxygen atoms in total. The Labute approximate surface area is 130 Å². The third kappa shape index (κ3) is 6.43. The van der Waals surface area contributed by atoms with E-state index in [4.69, 9.17) is 18.9 Å². The predicted octanol–water partition coefficient (Wildman–Crippen LogP) is 1.69. The van der Waals surface area contributed by atoms with Crippen LogP contribution in [0.4, 0.5) is 4.79 Å². The summed E-state index contributed by atoms with van der Waals surface area (Å²) in [5.74, 6) is 0. The summed E-state index contributed by atoms with van der Waals surface area (Å²) in [6.45, 7) is 4.29. The molecule has 1 aromatic rings. The van der Waals surface area contributed by atoms with Gasteiger partial charge in [-0.3, -0.25) is 0 Å². The lowest BCUT2D eigenvalue weighted by Gasteiger charge is -2.22. The molecule has 0 aliphatic carbocycles. The van der Waals surface area contributed by atoms with Gasteiger partial charge in [-0.1, -0.05) is 30.3 Å². The third-order valence-corrected chi connectivity index (χ3v) is 3.22. The minimum Gasteiger partial charge on any atom is -0.445 e. The number of carbonyl (C=O) groups is 1. The molecule has 1 aliphatic rings. The summed E-state index contributed by atoms with van der Waals surface area (Å²) in [7, 11) is 0. The van der Waals surface area contributed by atoms with E-state index in [-0.39, 0.29) is 12.7 Å². The first-order chi connectivity index (χ1) is 10.9. The second-order valence-electron chi connectivity index (χ2n) is 4.86. The van der Waals surface area contributed by atoms with Gasteiger partial charge in [0.1, 0.15) is 6.61 Å². The Hall–Kier alpha value is -1.63. The number of nitrogens with zero attached hydrogens (tertiary/aromatic N) is 1. The van der Waals surface area contributed by atoms with Crippen LogP contribution in [0.5, 0.6) is 0 Å². The smallest absolute Gasteiger partial charge is 0.410 e. The van der Waals surface area contributed by atoms with Crippen LogP contribution in [0.1, 0.15) is 5.56 Å². The van der Waals surface area contributed by atoms with Gasteiger partial charge in [0, 0.05) is 13.1 Å². The molecule has 2 rings (SSSR count). The molecule has 0 unspecified atom stereocenters. The fourth-order valence-electron chi connectivity index (χ4n) is 2.00. The van der Waals surface area contributed by atoms with Gasteiger partial charge in [-0.2, -0.15) is 0 Å². The van der Waals surface area contributed by atoms with E-state index in [9.17, 15) is 4.79 Å². The zero-order chi connectivity index (χ0) is 15.5. The van der Waals surface area contributed by atoms with Crippen LogP contribution in [0, 0.1) is 0 Å². The zero-order valence-electron chi connectivity index (χ0n) is 12.7. The summed E-state index contributed by atoms with van der Waals surface area (Å²) in [6.07, 6.45) is -0.343. The average molecular weight is 309 g/mol. The van der Waals surface area contributed by atoms with Gasteiger partial charge < -0.3 is 23.8 Å². The molecule has 0 saturated carbocycles. The van der Waals surface area contributed by atoms with E-state index in [1.54, 1.807) is 4.90 Å². The van der Waals surface area contributed by atoms with Gasteiger partial charge in [-0.25, -0.2) is 4.79 Å². The highest BCUT2D eigenvalue weighted by molar-refractivity contribution is 5.67. The van der Waals surface area contributed by atoms with Gasteiger partial charge in [-0.15, -0.1) is 0 Å². The van der Waals surface area contributed by atoms with Crippen LogP contribution >= 0.6 is 0 Å². The molecule has 122 valence electrons. The normalized spacial score (nSPS) is 18.1. The topological polar surface area (TPSA) is 57.2 Å². The maximum atomic E-state index is 12.2. The van der Waals surface area contributed by atoms with Crippen molar-refractivity contribution in [2.45, 2.75) is 6.61 Å². The van der Waals surface area contributed by atoms with E-state index in [0.717, 1.165) is 5.56 Å². The summed E-state index contributed by atoms with van der Waals surface area (Å²) in [5, 5.41) is 0. The van der Waals surface area contributed by atoms with Crippen molar-refractivity contribution in [3.8, 4) is 0 Å². The number of rotatable bonds is 2. The van der Waals surface area contributed by atoms with Crippen molar-refractivity contribution in [2.24, 2.45) is 0 Å². The second kappa shape index (κ2) is 10.2. The first kappa shape index (κ1) is 16.7. The van der Waals surface area contributed by atoms with Crippen LogP contribution < -0.4 is 0 Å². The number of benzene rings is 1. The molecule has 0 radical (unpaired) electrons. The first-order valence-corrected chi connectivity index (χ1v) is 7.55. The van der Waals surface area contributed by atoms with Crippen molar-refractivity contribution < 1.29 is 23.7 Å². The molecule has 1 saturated heterocycles. The highest BCUT2D eigenvalue weighted by Gasteiger charge is 2.15. The molecular formula is C16H23NO5. The number of hydrogen-bond acceptors (Lipinski definition) is 5. The minimum absolute atomic E-state index is 0.270. The van der Waals surface area contributed by atoms with Crippen LogP contribution in [0.3, 0.4) is 0 Å². The first-order valence-electron chi connectivity index (χ1n) is 7.55. The van der Waals surface area contributed by atoms with Crippen molar-refractivity contribution in [2.75, 3.05) is 52.7 Å². The maximum Gasteiger partial charge on any atom is 0.410 e. The molecule has 1 amide bonds. The van der Waals surface area contributed by atoms with Gasteiger partial charge in [0.25, 0.3) is 0 Å². The number of ether oxygens (including phenoxy) is 4. The van der Waals surface area contributed by atoms with Gasteiger partial charge in [0.2, 0.25) is 0 Å². The summed E-state index contributed by atoms with van der Waals surface area (Å²) in [4.78, 5) is 13.8. The SMILES string of the molecule is O=C(OCc1ccccc1)N1CCOCCOCCOCC1. The van der Waals surface area contributed by atoms with E-state index in [0.29, 0.717) is 52.7 Å². The Morgan fingerprint density at radius 3 is 2.05 bits per heavy atom. The van der Waals surface area contributed by atoms with Crippen molar-refractivity contribution in [1.29, 1.82) is 0 Å². The molecule has 1 heterocycles. The van der Waals surface area contributed by atoms with Crippen LogP contribution in [0.25, 0.3) is 0 Å². The van der Waals surface area contributed by atoms with E-state index in [1.807, 2.05) is 30.3 Å². The predicted molar refractivity (Wildman–Crippen MR) is 80.7 cm³/mol. The molecule has 22 heavy (non-hydrogen) atoms. The molecule has 1 aliphatic heterocycles. The molecule has 0 aromatic heterocycles. The van der Waals surface area contributed by atoms with Crippen molar-refractivity contribution in [3.63, 3.8) is 0 Å². The lowest BCUT2D eigenvalue weighted by atomic mass is 10.2. The maximum absolute atomic E-state index is 12.2. The van der Waals surface area contributed by atoms with Crippen LogP contribution in [0.15, 0.2) is 30.3 Å². The summed E-state index contributed by atoms with van der Waals surface area (Å²) >= 11 is 0. The molecule has 1 aromatic carbocycles. The third-order valence-electron chi connectivity index (χ3n) is 3.22. The quantitative estimate of drug-likeness (QED) is 0.832. The molecule has 0 spiro atoms. The van der Waals surface area contributed by atoms with Crippen molar-refractivity contribution in [1.82, 2.24) is 4.90 Å². The lowest BCUT2D eigenvalue weighted by Crippen LogP contribution is -2.37. The standard InChI is InChI=1S/C16H23NO5/c18-16(22-14-15-4-2-1-3-5-15)17-6-8-19-10-12-21-13-11-20-9-7-17/h1-5H,6-14H2. The lowest BCUT2D eigenvalue weighted by molar-refractivity contribution is -0.00691. The van der Waals surface area contributed by atoms with E-state index < -0.39 is 0 Å². The monoisotopic (exact) mass is 309 g/mol. The molecule has 0 N–H and O–H groups in total. The Bertz CT molecular complexity index is 414. The summed E-state index contributed by atoms with van der Waals surface area (Å²) in [5.41, 5.74) is 0.967. The molecule has 1 fully saturated rings. The highest BCUT2D eigenvalue weighted by Crippen LogP contribution is 2.04. The van der Waals surface area contributed by atoms with Gasteiger partial charge in [0.15, 0.2) is 0 Å². The number of hydrogen-bond donors (Lipinski definition) is 0. The fourth-order valence-corrected chi connectivity index (χ4v) is 2.00. The summed E-state index contributed by atoms with van der Waals surface area (Å²) in [6, 6.07) is 9.62. The molecular weight excluding hydrogens is 286 g/mol. The Morgan fingerprint density at radius 2 is 1.45 bits per heavy atom. The van der Waals surface area contributed by atoms with E-state index in [2.05, 4.69) is 0 Å². The molecule has 6 heteroatoms. The van der Waals surface area contributed by atoms with Gasteiger partial charge >= 0.3 is 6.09 Å². The highest BCUT2D eigenvalue weighted by atomic mass is 16.6. The second-order valence-corrected chi connectivity index (χ2v) is 4.86. The van der Waals surface area contributed by atoms with Crippen molar-refractivity contribution in [3.05, 3.63) is 35.9 Å². The minimum atomic E-state index is -0.343. The number of carbonyl (C=O) groups excluding carboxylic acids is 1. The Kier molecular flexibility index (Phi) is 7.73. The number of amides is 1. The fraction of sp³-hybridized carbons (Fsp3) is 0.562. The van der Waals surface area contributed by atoms with E-state index >= 15 is 0 Å². The van der Waals surface area contributed by atoms with E-state index in [1.165, 1.54) is 0 Å². The molecule has 0 atom stereocenters. The average Bonchev–Trinajstić information content (AvgIpc) is 2.54. The zero-order valence-corrected chi connectivity index (χ0v) is 12.7. The summed E-state index contributed by atoms with van der Waals surface area (Å²) < 4.78 is 21.5. The van der Waals surface area contributed by atoms with Crippen molar-refractivity contribution >= 4 is 6.09 Å². The van der Waals surface area contributed by atoms with Crippen LogP contribution in [-0.2, 0) is 25.6 Å². The van der Waals surface area contributed by atoms with Crippen LogP contribution in [-0.4, -0.2) is 63.7 Å². The Morgan fingerprint density at radius 1 is 0.909 bits per heavy atom. The Balaban J connectivity index is 1.78. The van der Waals surface area contributed by atoms with Gasteiger partial charge in [-0.05, 0) is 5.56 Å². The van der Waals surface area contributed by atoms with Crippen LogP contribution in [0.2, 0.25) is 0 Å². The van der Waals surface area contributed by atoms with Gasteiger partial charge in [0.05, 0.1) is 39.6 Å².